The van der Waals surface area contributed by atoms with Crippen LogP contribution in [0.4, 0.5) is 0 Å². The Morgan fingerprint density at radius 1 is 1.21 bits per heavy atom. The minimum absolute atomic E-state index is 0.0998. The molecule has 0 radical (unpaired) electrons. The molecule has 1 amide bonds. The fourth-order valence-electron chi connectivity index (χ4n) is 5.72. The summed E-state index contributed by atoms with van der Waals surface area (Å²) in [6.07, 6.45) is 7.35. The van der Waals surface area contributed by atoms with E-state index in [1.165, 1.54) is 12.0 Å². The van der Waals surface area contributed by atoms with Crippen molar-refractivity contribution >= 4 is 17.5 Å². The van der Waals surface area contributed by atoms with Gasteiger partial charge in [-0.25, -0.2) is 0 Å². The van der Waals surface area contributed by atoms with Gasteiger partial charge in [-0.3, -0.25) is 4.79 Å². The van der Waals surface area contributed by atoms with E-state index in [0.717, 1.165) is 44.3 Å². The van der Waals surface area contributed by atoms with Crippen LogP contribution in [0.2, 0.25) is 0 Å². The molecule has 4 fully saturated rings. The lowest BCUT2D eigenvalue weighted by atomic mass is 9.49. The van der Waals surface area contributed by atoms with Crippen molar-refractivity contribution in [3.63, 3.8) is 0 Å². The quantitative estimate of drug-likeness (QED) is 0.819. The number of methoxy groups -OCH3 is 1. The molecule has 24 heavy (non-hydrogen) atoms. The van der Waals surface area contributed by atoms with Gasteiger partial charge in [0.25, 0.3) is 0 Å². The Bertz CT molecular complexity index is 613. The molecule has 0 unspecified atom stereocenters. The fourth-order valence-corrected chi connectivity index (χ4v) is 6.41. The van der Waals surface area contributed by atoms with E-state index in [2.05, 4.69) is 17.4 Å². The molecule has 0 aromatic heterocycles. The van der Waals surface area contributed by atoms with Crippen molar-refractivity contribution in [2.45, 2.75) is 49.8 Å². The van der Waals surface area contributed by atoms with Crippen molar-refractivity contribution < 1.29 is 9.53 Å². The van der Waals surface area contributed by atoms with Crippen LogP contribution in [0, 0.1) is 17.3 Å². The summed E-state index contributed by atoms with van der Waals surface area (Å²) in [6, 6.07) is 8.05. The molecule has 4 bridgehead atoms. The zero-order chi connectivity index (χ0) is 16.8. The molecule has 4 aliphatic rings. The summed E-state index contributed by atoms with van der Waals surface area (Å²) < 4.78 is 5.18. The molecule has 1 N–H and O–H groups in total. The molecule has 3 nitrogen and oxygen atoms in total. The van der Waals surface area contributed by atoms with Crippen LogP contribution in [0.5, 0.6) is 5.75 Å². The highest BCUT2D eigenvalue weighted by Gasteiger charge is 2.59. The molecule has 0 heterocycles. The Kier molecular flexibility index (Phi) is 4.03. The van der Waals surface area contributed by atoms with Crippen LogP contribution in [-0.4, -0.2) is 24.4 Å². The van der Waals surface area contributed by atoms with E-state index in [0.29, 0.717) is 18.4 Å². The largest absolute Gasteiger partial charge is 0.497 e. The first-order valence-corrected chi connectivity index (χ1v) is 9.48. The Hall–Kier alpha value is -1.22. The lowest BCUT2D eigenvalue weighted by Crippen LogP contribution is -2.58. The smallest absolute Gasteiger partial charge is 0.226 e. The van der Waals surface area contributed by atoms with Gasteiger partial charge in [-0.15, -0.1) is 11.6 Å². The van der Waals surface area contributed by atoms with Crippen LogP contribution < -0.4 is 10.1 Å². The summed E-state index contributed by atoms with van der Waals surface area (Å²) in [4.78, 5) is 12.8. The third-order valence-electron chi connectivity index (χ3n) is 6.33. The van der Waals surface area contributed by atoms with Gasteiger partial charge in [0.15, 0.2) is 0 Å². The van der Waals surface area contributed by atoms with Crippen molar-refractivity contribution in [1.29, 1.82) is 0 Å². The molecule has 2 atom stereocenters. The Labute approximate surface area is 149 Å². The summed E-state index contributed by atoms with van der Waals surface area (Å²) in [5, 5.41) is 3.21. The Balaban J connectivity index is 1.36. The molecule has 4 saturated carbocycles. The van der Waals surface area contributed by atoms with E-state index >= 15 is 0 Å². The van der Waals surface area contributed by atoms with Crippen molar-refractivity contribution in [1.82, 2.24) is 5.32 Å². The summed E-state index contributed by atoms with van der Waals surface area (Å²) in [5.41, 5.74) is 1.03. The number of rotatable bonds is 5. The highest BCUT2D eigenvalue weighted by atomic mass is 35.5. The number of amides is 1. The average Bonchev–Trinajstić information content (AvgIpc) is 2.53. The van der Waals surface area contributed by atoms with Gasteiger partial charge in [0, 0.05) is 11.4 Å². The van der Waals surface area contributed by atoms with Crippen LogP contribution in [0.25, 0.3) is 0 Å². The van der Waals surface area contributed by atoms with Crippen molar-refractivity contribution in [2.24, 2.45) is 17.3 Å². The maximum Gasteiger partial charge on any atom is 0.226 e. The second-order valence-corrected chi connectivity index (χ2v) is 9.05. The average molecular weight is 348 g/mol. The molecule has 0 aliphatic heterocycles. The minimum atomic E-state index is -0.189. The third kappa shape index (κ3) is 2.92. The van der Waals surface area contributed by atoms with Crippen molar-refractivity contribution in [3.05, 3.63) is 29.8 Å². The van der Waals surface area contributed by atoms with Crippen LogP contribution in [-0.2, 0) is 11.2 Å². The number of alkyl halides is 1. The monoisotopic (exact) mass is 347 g/mol. The van der Waals surface area contributed by atoms with E-state index in [9.17, 15) is 4.79 Å². The van der Waals surface area contributed by atoms with Crippen molar-refractivity contribution in [2.75, 3.05) is 13.7 Å². The molecule has 0 spiro atoms. The molecular formula is C20H26ClNO2. The van der Waals surface area contributed by atoms with E-state index in [1.807, 2.05) is 12.1 Å². The summed E-state index contributed by atoms with van der Waals surface area (Å²) in [7, 11) is 1.67. The Morgan fingerprint density at radius 3 is 2.46 bits per heavy atom. The van der Waals surface area contributed by atoms with Gasteiger partial charge in [-0.05, 0) is 74.5 Å². The predicted octanol–water partition coefficient (Wildman–Crippen LogP) is 3.93. The van der Waals surface area contributed by atoms with E-state index in [-0.39, 0.29) is 16.2 Å². The van der Waals surface area contributed by atoms with Crippen molar-refractivity contribution in [3.8, 4) is 5.75 Å². The topological polar surface area (TPSA) is 38.3 Å². The predicted molar refractivity (Wildman–Crippen MR) is 95.4 cm³/mol. The van der Waals surface area contributed by atoms with Crippen LogP contribution in [0.1, 0.15) is 44.1 Å². The highest BCUT2D eigenvalue weighted by molar-refractivity contribution is 6.24. The van der Waals surface area contributed by atoms with Crippen LogP contribution >= 0.6 is 11.6 Å². The van der Waals surface area contributed by atoms with E-state index in [4.69, 9.17) is 16.3 Å². The highest BCUT2D eigenvalue weighted by Crippen LogP contribution is 2.63. The molecular weight excluding hydrogens is 322 g/mol. The molecule has 1 aromatic carbocycles. The van der Waals surface area contributed by atoms with Gasteiger partial charge in [-0.2, -0.15) is 0 Å². The lowest BCUT2D eigenvalue weighted by Gasteiger charge is -2.59. The second kappa shape index (κ2) is 5.94. The number of benzene rings is 1. The Morgan fingerprint density at radius 2 is 1.88 bits per heavy atom. The van der Waals surface area contributed by atoms with Crippen LogP contribution in [0.3, 0.4) is 0 Å². The molecule has 5 rings (SSSR count). The standard InChI is InChI=1S/C20H26ClNO2/c1-24-17-4-2-14(3-5-17)6-7-22-18(23)19-9-15-8-16(10-19)12-20(21,11-15)13-19/h2-5,15-16H,6-13H2,1H3,(H,22,23)/t15-,16-,19?,20?/m0/s1. The molecule has 4 heteroatoms. The zero-order valence-corrected chi connectivity index (χ0v) is 15.1. The summed E-state index contributed by atoms with van der Waals surface area (Å²) in [6.45, 7) is 0.692. The van der Waals surface area contributed by atoms with Gasteiger partial charge in [-0.1, -0.05) is 12.1 Å². The number of carbonyl (C=O) groups is 1. The van der Waals surface area contributed by atoms with E-state index < -0.39 is 0 Å². The summed E-state index contributed by atoms with van der Waals surface area (Å²) in [5.74, 6) is 2.44. The fraction of sp³-hybridized carbons (Fsp3) is 0.650. The van der Waals surface area contributed by atoms with Gasteiger partial charge in [0.2, 0.25) is 5.91 Å². The SMILES string of the molecule is COc1ccc(CCNC(=O)C23C[C@@H]4C[C@H](CC(Cl)(C4)C2)C3)cc1. The molecule has 0 saturated heterocycles. The van der Waals surface area contributed by atoms with E-state index in [1.54, 1.807) is 7.11 Å². The number of hydrogen-bond acceptors (Lipinski definition) is 2. The molecule has 1 aromatic rings. The number of nitrogens with one attached hydrogen (secondary N) is 1. The van der Waals surface area contributed by atoms with Gasteiger partial charge in [0.05, 0.1) is 12.5 Å². The molecule has 130 valence electrons. The lowest BCUT2D eigenvalue weighted by molar-refractivity contribution is -0.144. The van der Waals surface area contributed by atoms with Gasteiger partial charge < -0.3 is 10.1 Å². The maximum atomic E-state index is 12.9. The number of ether oxygens (including phenoxy) is 1. The summed E-state index contributed by atoms with van der Waals surface area (Å²) >= 11 is 6.83. The van der Waals surface area contributed by atoms with Gasteiger partial charge in [0.1, 0.15) is 5.75 Å². The zero-order valence-electron chi connectivity index (χ0n) is 14.3. The maximum absolute atomic E-state index is 12.9. The number of hydrogen-bond donors (Lipinski definition) is 1. The first-order valence-electron chi connectivity index (χ1n) is 9.10. The first kappa shape index (κ1) is 16.3. The number of halogens is 1. The first-order chi connectivity index (χ1) is 11.5. The number of carbonyl (C=O) groups excluding carboxylic acids is 1. The minimum Gasteiger partial charge on any atom is -0.497 e. The molecule has 4 aliphatic carbocycles. The van der Waals surface area contributed by atoms with Crippen LogP contribution in [0.15, 0.2) is 24.3 Å². The second-order valence-electron chi connectivity index (χ2n) is 8.25. The normalized spacial score (nSPS) is 36.6. The third-order valence-corrected chi connectivity index (χ3v) is 6.77. The van der Waals surface area contributed by atoms with Gasteiger partial charge >= 0.3 is 0 Å².